The van der Waals surface area contributed by atoms with Gasteiger partial charge in [-0.2, -0.15) is 11.8 Å². The van der Waals surface area contributed by atoms with Crippen LogP contribution in [0.3, 0.4) is 0 Å². The van der Waals surface area contributed by atoms with Crippen molar-refractivity contribution in [2.45, 2.75) is 31.8 Å². The maximum atomic E-state index is 11.1. The molecule has 2 saturated heterocycles. The van der Waals surface area contributed by atoms with Crippen molar-refractivity contribution in [2.24, 2.45) is 0 Å². The number of aliphatic carboxylic acids is 1. The zero-order chi connectivity index (χ0) is 12.3. The Kier molecular flexibility index (Phi) is 4.70. The highest BCUT2D eigenvalue weighted by Gasteiger charge is 2.30. The summed E-state index contributed by atoms with van der Waals surface area (Å²) in [5.74, 6) is 1.88. The molecule has 0 aliphatic carbocycles. The second-order valence-corrected chi connectivity index (χ2v) is 6.00. The van der Waals surface area contributed by atoms with E-state index in [-0.39, 0.29) is 6.04 Å². The van der Waals surface area contributed by atoms with Crippen molar-refractivity contribution in [3.05, 3.63) is 0 Å². The van der Waals surface area contributed by atoms with Crippen LogP contribution >= 0.6 is 11.8 Å². The molecule has 0 bridgehead atoms. The highest BCUT2D eigenvalue weighted by atomic mass is 32.2. The largest absolute Gasteiger partial charge is 0.480 e. The number of hydrogen-bond acceptors (Lipinski definition) is 4. The number of hydrogen-bond donors (Lipinski definition) is 1. The van der Waals surface area contributed by atoms with Gasteiger partial charge in [0.1, 0.15) is 6.04 Å². The monoisotopic (exact) mass is 258 g/mol. The standard InChI is InChI=1S/C12H22N2O2S/c1-2-11(12(15)16)14-6-4-13(5-7-14)10-3-8-17-9-10/h10-11H,2-9H2,1H3,(H,15,16)/t10-,11+/m1/s1. The molecule has 5 heteroatoms. The summed E-state index contributed by atoms with van der Waals surface area (Å²) in [5, 5.41) is 9.14. The molecule has 0 aromatic rings. The summed E-state index contributed by atoms with van der Waals surface area (Å²) in [6.45, 7) is 5.85. The number of thioether (sulfide) groups is 1. The topological polar surface area (TPSA) is 43.8 Å². The summed E-state index contributed by atoms with van der Waals surface area (Å²) in [6, 6.07) is 0.460. The minimum Gasteiger partial charge on any atom is -0.480 e. The quantitative estimate of drug-likeness (QED) is 0.814. The first kappa shape index (κ1) is 13.2. The van der Waals surface area contributed by atoms with E-state index in [1.54, 1.807) is 0 Å². The Morgan fingerprint density at radius 1 is 1.41 bits per heavy atom. The lowest BCUT2D eigenvalue weighted by atomic mass is 10.1. The molecule has 2 rings (SSSR count). The molecule has 0 amide bonds. The Bertz CT molecular complexity index is 261. The molecule has 98 valence electrons. The van der Waals surface area contributed by atoms with Crippen LogP contribution < -0.4 is 0 Å². The van der Waals surface area contributed by atoms with Gasteiger partial charge in [-0.3, -0.25) is 14.6 Å². The predicted octanol–water partition coefficient (Wildman–Crippen LogP) is 0.973. The van der Waals surface area contributed by atoms with E-state index < -0.39 is 5.97 Å². The fourth-order valence-electron chi connectivity index (χ4n) is 2.81. The van der Waals surface area contributed by atoms with E-state index in [0.717, 1.165) is 32.2 Å². The first-order valence-corrected chi connectivity index (χ1v) is 7.66. The SMILES string of the molecule is CC[C@@H](C(=O)O)N1CCN([C@@H]2CCSC2)CC1. The summed E-state index contributed by atoms with van der Waals surface area (Å²) in [4.78, 5) is 15.8. The molecular weight excluding hydrogens is 236 g/mol. The van der Waals surface area contributed by atoms with Gasteiger partial charge in [-0.25, -0.2) is 0 Å². The molecule has 2 atom stereocenters. The van der Waals surface area contributed by atoms with Gasteiger partial charge < -0.3 is 5.11 Å². The van der Waals surface area contributed by atoms with Crippen molar-refractivity contribution in [3.8, 4) is 0 Å². The Morgan fingerprint density at radius 2 is 2.12 bits per heavy atom. The third-order valence-corrected chi connectivity index (χ3v) is 5.03. The van der Waals surface area contributed by atoms with Gasteiger partial charge in [0, 0.05) is 38.0 Å². The van der Waals surface area contributed by atoms with E-state index in [1.807, 2.05) is 18.7 Å². The third-order valence-electron chi connectivity index (χ3n) is 3.88. The van der Waals surface area contributed by atoms with E-state index in [1.165, 1.54) is 17.9 Å². The molecule has 4 nitrogen and oxygen atoms in total. The van der Waals surface area contributed by atoms with Crippen LogP contribution in [0.2, 0.25) is 0 Å². The lowest BCUT2D eigenvalue weighted by Gasteiger charge is -2.39. The number of piperazine rings is 1. The van der Waals surface area contributed by atoms with Crippen LogP contribution in [0, 0.1) is 0 Å². The van der Waals surface area contributed by atoms with E-state index in [2.05, 4.69) is 9.80 Å². The fourth-order valence-corrected chi connectivity index (χ4v) is 4.07. The summed E-state index contributed by atoms with van der Waals surface area (Å²) in [6.07, 6.45) is 2.01. The van der Waals surface area contributed by atoms with Gasteiger partial charge in [0.15, 0.2) is 0 Å². The minimum absolute atomic E-state index is 0.282. The molecule has 1 N–H and O–H groups in total. The molecule has 2 fully saturated rings. The van der Waals surface area contributed by atoms with Crippen LogP contribution in [0.5, 0.6) is 0 Å². The van der Waals surface area contributed by atoms with Gasteiger partial charge in [-0.15, -0.1) is 0 Å². The van der Waals surface area contributed by atoms with Gasteiger partial charge in [-0.05, 0) is 18.6 Å². The van der Waals surface area contributed by atoms with E-state index >= 15 is 0 Å². The number of rotatable bonds is 4. The Morgan fingerprint density at radius 3 is 2.59 bits per heavy atom. The molecular formula is C12H22N2O2S. The summed E-state index contributed by atoms with van der Waals surface area (Å²) < 4.78 is 0. The van der Waals surface area contributed by atoms with Crippen LogP contribution in [0.25, 0.3) is 0 Å². The second-order valence-electron chi connectivity index (χ2n) is 4.85. The van der Waals surface area contributed by atoms with Crippen LogP contribution in [-0.2, 0) is 4.79 Å². The Hall–Kier alpha value is -0.260. The highest BCUT2D eigenvalue weighted by molar-refractivity contribution is 7.99. The number of carboxylic acids is 1. The Labute approximate surface area is 107 Å². The lowest BCUT2D eigenvalue weighted by molar-refractivity contribution is -0.144. The van der Waals surface area contributed by atoms with Crippen LogP contribution in [0.15, 0.2) is 0 Å². The van der Waals surface area contributed by atoms with Crippen molar-refractivity contribution < 1.29 is 9.90 Å². The average molecular weight is 258 g/mol. The molecule has 0 aromatic heterocycles. The molecule has 2 aliphatic rings. The summed E-state index contributed by atoms with van der Waals surface area (Å²) in [5.41, 5.74) is 0. The van der Waals surface area contributed by atoms with E-state index in [9.17, 15) is 4.79 Å². The molecule has 0 radical (unpaired) electrons. The molecule has 0 spiro atoms. The van der Waals surface area contributed by atoms with Crippen molar-refractivity contribution >= 4 is 17.7 Å². The van der Waals surface area contributed by atoms with Crippen molar-refractivity contribution in [3.63, 3.8) is 0 Å². The zero-order valence-electron chi connectivity index (χ0n) is 10.5. The molecule has 2 aliphatic heterocycles. The normalized spacial score (nSPS) is 29.4. The van der Waals surface area contributed by atoms with E-state index in [0.29, 0.717) is 6.42 Å². The highest BCUT2D eigenvalue weighted by Crippen LogP contribution is 2.23. The first-order valence-electron chi connectivity index (χ1n) is 6.51. The van der Waals surface area contributed by atoms with Gasteiger partial charge in [0.25, 0.3) is 0 Å². The summed E-state index contributed by atoms with van der Waals surface area (Å²) in [7, 11) is 0. The zero-order valence-corrected chi connectivity index (χ0v) is 11.3. The molecule has 0 saturated carbocycles. The number of nitrogens with zero attached hydrogens (tertiary/aromatic N) is 2. The van der Waals surface area contributed by atoms with Gasteiger partial charge in [0.2, 0.25) is 0 Å². The number of carboxylic acid groups (broad SMARTS) is 1. The maximum absolute atomic E-state index is 11.1. The first-order chi connectivity index (χ1) is 8.22. The second kappa shape index (κ2) is 6.07. The smallest absolute Gasteiger partial charge is 0.320 e. The van der Waals surface area contributed by atoms with Crippen LogP contribution in [0.1, 0.15) is 19.8 Å². The summed E-state index contributed by atoms with van der Waals surface area (Å²) >= 11 is 2.04. The number of carbonyl (C=O) groups is 1. The van der Waals surface area contributed by atoms with Gasteiger partial charge >= 0.3 is 5.97 Å². The maximum Gasteiger partial charge on any atom is 0.320 e. The molecule has 0 aromatic carbocycles. The fraction of sp³-hybridized carbons (Fsp3) is 0.917. The van der Waals surface area contributed by atoms with Crippen molar-refractivity contribution in [1.82, 2.24) is 9.80 Å². The van der Waals surface area contributed by atoms with Crippen LogP contribution in [-0.4, -0.2) is 70.6 Å². The minimum atomic E-state index is -0.669. The Balaban J connectivity index is 1.82. The molecule has 0 unspecified atom stereocenters. The van der Waals surface area contributed by atoms with Gasteiger partial charge in [0.05, 0.1) is 0 Å². The lowest BCUT2D eigenvalue weighted by Crippen LogP contribution is -2.54. The average Bonchev–Trinajstić information content (AvgIpc) is 2.84. The van der Waals surface area contributed by atoms with Gasteiger partial charge in [-0.1, -0.05) is 6.92 Å². The van der Waals surface area contributed by atoms with Crippen molar-refractivity contribution in [2.75, 3.05) is 37.7 Å². The van der Waals surface area contributed by atoms with E-state index in [4.69, 9.17) is 5.11 Å². The third kappa shape index (κ3) is 3.14. The predicted molar refractivity (Wildman–Crippen MR) is 70.6 cm³/mol. The molecule has 2 heterocycles. The van der Waals surface area contributed by atoms with Crippen molar-refractivity contribution in [1.29, 1.82) is 0 Å². The molecule has 17 heavy (non-hydrogen) atoms. The van der Waals surface area contributed by atoms with Crippen LogP contribution in [0.4, 0.5) is 0 Å².